The Bertz CT molecular complexity index is 616. The van der Waals surface area contributed by atoms with Gasteiger partial charge >= 0.3 is 5.97 Å². The Morgan fingerprint density at radius 3 is 2.28 bits per heavy atom. The Morgan fingerprint density at radius 2 is 1.83 bits per heavy atom. The number of benzene rings is 1. The Labute approximate surface area is 128 Å². The third-order valence-electron chi connectivity index (χ3n) is 2.29. The Hall–Kier alpha value is -0.730. The highest BCUT2D eigenvalue weighted by Crippen LogP contribution is 2.33. The second kappa shape index (κ2) is 5.10. The van der Waals surface area contributed by atoms with Crippen LogP contribution >= 0.6 is 47.8 Å². The fourth-order valence-corrected chi connectivity index (χ4v) is 4.07. The van der Waals surface area contributed by atoms with Gasteiger partial charge in [0.15, 0.2) is 5.69 Å². The molecular formula is C10H6Br3N3O2. The predicted molar refractivity (Wildman–Crippen MR) is 76.2 cm³/mol. The van der Waals surface area contributed by atoms with Gasteiger partial charge in [0, 0.05) is 13.4 Å². The van der Waals surface area contributed by atoms with E-state index in [1.807, 2.05) is 12.1 Å². The number of aromatic nitrogens is 3. The molecule has 2 aromatic rings. The first-order valence-corrected chi connectivity index (χ1v) is 7.10. The van der Waals surface area contributed by atoms with Gasteiger partial charge < -0.3 is 5.11 Å². The van der Waals surface area contributed by atoms with Crippen molar-refractivity contribution in [1.29, 1.82) is 0 Å². The van der Waals surface area contributed by atoms with Gasteiger partial charge in [-0.1, -0.05) is 21.1 Å². The van der Waals surface area contributed by atoms with Gasteiger partial charge in [-0.3, -0.25) is 0 Å². The summed E-state index contributed by atoms with van der Waals surface area (Å²) in [7, 11) is 0. The topological polar surface area (TPSA) is 68.0 Å². The van der Waals surface area contributed by atoms with Crippen molar-refractivity contribution in [3.8, 4) is 5.69 Å². The number of hydrogen-bond donors (Lipinski definition) is 1. The largest absolute Gasteiger partial charge is 0.476 e. The first kappa shape index (κ1) is 13.7. The third-order valence-corrected chi connectivity index (χ3v) is 3.96. The highest BCUT2D eigenvalue weighted by atomic mass is 79.9. The number of carboxylic acid groups (broad SMARTS) is 1. The third kappa shape index (κ3) is 2.36. The van der Waals surface area contributed by atoms with Crippen LogP contribution in [0.4, 0.5) is 0 Å². The average Bonchev–Trinajstić information content (AvgIpc) is 2.59. The second-order valence-corrected chi connectivity index (χ2v) is 6.08. The molecule has 0 saturated carbocycles. The molecule has 18 heavy (non-hydrogen) atoms. The second-order valence-electron chi connectivity index (χ2n) is 3.46. The highest BCUT2D eigenvalue weighted by molar-refractivity contribution is 9.11. The molecule has 0 amide bonds. The molecule has 5 nitrogen and oxygen atoms in total. The van der Waals surface area contributed by atoms with E-state index in [2.05, 4.69) is 58.1 Å². The Kier molecular flexibility index (Phi) is 3.88. The lowest BCUT2D eigenvalue weighted by atomic mass is 10.3. The SMILES string of the molecule is Cc1c(C(=O)O)nnn1-c1c(Br)cc(Br)cc1Br. The van der Waals surface area contributed by atoms with Crippen molar-refractivity contribution in [2.75, 3.05) is 0 Å². The standard InChI is InChI=1S/C10H6Br3N3O2/c1-4-8(10(17)18)14-15-16(4)9-6(12)2-5(11)3-7(9)13/h2-3H,1H3,(H,17,18). The summed E-state index contributed by atoms with van der Waals surface area (Å²) in [5, 5.41) is 16.5. The van der Waals surface area contributed by atoms with Crippen molar-refractivity contribution in [2.24, 2.45) is 0 Å². The minimum atomic E-state index is -1.09. The van der Waals surface area contributed by atoms with Crippen LogP contribution in [0.1, 0.15) is 16.2 Å². The van der Waals surface area contributed by atoms with Gasteiger partial charge in [0.1, 0.15) is 0 Å². The molecule has 0 radical (unpaired) electrons. The van der Waals surface area contributed by atoms with Crippen molar-refractivity contribution < 1.29 is 9.90 Å². The molecule has 0 unspecified atom stereocenters. The predicted octanol–water partition coefficient (Wildman–Crippen LogP) is 3.56. The first-order chi connectivity index (χ1) is 8.41. The molecule has 0 saturated heterocycles. The lowest BCUT2D eigenvalue weighted by molar-refractivity contribution is 0.0689. The van der Waals surface area contributed by atoms with E-state index in [0.717, 1.165) is 13.4 Å². The molecular weight excluding hydrogens is 434 g/mol. The number of halogens is 3. The summed E-state index contributed by atoms with van der Waals surface area (Å²) >= 11 is 10.2. The van der Waals surface area contributed by atoms with E-state index in [0.29, 0.717) is 11.4 Å². The summed E-state index contributed by atoms with van der Waals surface area (Å²) in [6.07, 6.45) is 0. The quantitative estimate of drug-likeness (QED) is 0.776. The van der Waals surface area contributed by atoms with E-state index in [4.69, 9.17) is 5.11 Å². The molecule has 1 aromatic heterocycles. The van der Waals surface area contributed by atoms with Gasteiger partial charge in [0.25, 0.3) is 0 Å². The zero-order valence-corrected chi connectivity index (χ0v) is 13.7. The minimum Gasteiger partial charge on any atom is -0.476 e. The molecule has 2 rings (SSSR count). The monoisotopic (exact) mass is 437 g/mol. The van der Waals surface area contributed by atoms with Crippen LogP contribution in [0, 0.1) is 6.92 Å². The van der Waals surface area contributed by atoms with Crippen LogP contribution in [-0.4, -0.2) is 26.1 Å². The van der Waals surface area contributed by atoms with Crippen LogP contribution < -0.4 is 0 Å². The van der Waals surface area contributed by atoms with Crippen LogP contribution in [0.25, 0.3) is 5.69 Å². The van der Waals surface area contributed by atoms with Gasteiger partial charge in [0.05, 0.1) is 11.4 Å². The van der Waals surface area contributed by atoms with Crippen molar-refractivity contribution >= 4 is 53.8 Å². The van der Waals surface area contributed by atoms with Crippen LogP contribution in [-0.2, 0) is 0 Å². The highest BCUT2D eigenvalue weighted by Gasteiger charge is 2.19. The van der Waals surface area contributed by atoms with Crippen LogP contribution in [0.2, 0.25) is 0 Å². The summed E-state index contributed by atoms with van der Waals surface area (Å²) < 4.78 is 3.91. The smallest absolute Gasteiger partial charge is 0.358 e. The lowest BCUT2D eigenvalue weighted by Crippen LogP contribution is -2.04. The minimum absolute atomic E-state index is 0.0586. The van der Waals surface area contributed by atoms with Crippen LogP contribution in [0.5, 0.6) is 0 Å². The number of hydrogen-bond acceptors (Lipinski definition) is 3. The summed E-state index contributed by atoms with van der Waals surface area (Å²) in [5.41, 5.74) is 1.11. The normalized spacial score (nSPS) is 10.7. The Morgan fingerprint density at radius 1 is 1.28 bits per heavy atom. The molecule has 94 valence electrons. The zero-order valence-electron chi connectivity index (χ0n) is 8.99. The molecule has 8 heteroatoms. The summed E-state index contributed by atoms with van der Waals surface area (Å²) in [6, 6.07) is 3.70. The molecule has 0 atom stereocenters. The Balaban J connectivity index is 2.67. The van der Waals surface area contributed by atoms with E-state index in [1.165, 1.54) is 4.68 Å². The van der Waals surface area contributed by atoms with Gasteiger partial charge in [-0.15, -0.1) is 5.10 Å². The maximum Gasteiger partial charge on any atom is 0.358 e. The van der Waals surface area contributed by atoms with E-state index in [9.17, 15) is 4.79 Å². The molecule has 0 bridgehead atoms. The molecule has 0 aliphatic rings. The van der Waals surface area contributed by atoms with Gasteiger partial charge in [-0.25, -0.2) is 9.48 Å². The van der Waals surface area contributed by atoms with Crippen molar-refractivity contribution in [2.45, 2.75) is 6.92 Å². The molecule has 0 aliphatic heterocycles. The van der Waals surface area contributed by atoms with Crippen molar-refractivity contribution in [3.05, 3.63) is 36.9 Å². The van der Waals surface area contributed by atoms with Crippen LogP contribution in [0.3, 0.4) is 0 Å². The maximum atomic E-state index is 10.9. The number of aromatic carboxylic acids is 1. The number of carbonyl (C=O) groups is 1. The van der Waals surface area contributed by atoms with Gasteiger partial charge in [-0.05, 0) is 50.9 Å². The number of nitrogens with zero attached hydrogens (tertiary/aromatic N) is 3. The van der Waals surface area contributed by atoms with Crippen molar-refractivity contribution in [3.63, 3.8) is 0 Å². The van der Waals surface area contributed by atoms with E-state index >= 15 is 0 Å². The zero-order chi connectivity index (χ0) is 13.4. The molecule has 0 aliphatic carbocycles. The first-order valence-electron chi connectivity index (χ1n) is 4.72. The molecule has 1 aromatic carbocycles. The number of carboxylic acids is 1. The number of rotatable bonds is 2. The van der Waals surface area contributed by atoms with E-state index in [-0.39, 0.29) is 5.69 Å². The van der Waals surface area contributed by atoms with Gasteiger partial charge in [0.2, 0.25) is 0 Å². The summed E-state index contributed by atoms with van der Waals surface area (Å²) in [5.74, 6) is -1.09. The van der Waals surface area contributed by atoms with Crippen LogP contribution in [0.15, 0.2) is 25.6 Å². The summed E-state index contributed by atoms with van der Waals surface area (Å²) in [4.78, 5) is 10.9. The maximum absolute atomic E-state index is 10.9. The molecule has 0 fully saturated rings. The lowest BCUT2D eigenvalue weighted by Gasteiger charge is -2.09. The van der Waals surface area contributed by atoms with Crippen molar-refractivity contribution in [1.82, 2.24) is 15.0 Å². The van der Waals surface area contributed by atoms with Gasteiger partial charge in [-0.2, -0.15) is 0 Å². The summed E-state index contributed by atoms with van der Waals surface area (Å²) in [6.45, 7) is 1.66. The molecule has 1 heterocycles. The molecule has 0 spiro atoms. The molecule has 1 N–H and O–H groups in total. The van der Waals surface area contributed by atoms with E-state index in [1.54, 1.807) is 6.92 Å². The van der Waals surface area contributed by atoms with E-state index < -0.39 is 5.97 Å². The fourth-order valence-electron chi connectivity index (χ4n) is 1.48. The fraction of sp³-hybridized carbons (Fsp3) is 0.100. The average molecular weight is 440 g/mol.